The SMILES string of the molecule is CC(C)[C@H]1C(=O)N(CC(=O)N[C@H](CO)Cc2ccccc2)C(c2ccccc2)=CN1C(=O)c1ccccc1. The molecule has 2 N–H and O–H groups in total. The van der Waals surface area contributed by atoms with Gasteiger partial charge in [-0.1, -0.05) is 92.7 Å². The van der Waals surface area contributed by atoms with E-state index < -0.39 is 12.1 Å². The number of aliphatic hydroxyl groups excluding tert-OH is 1. The Labute approximate surface area is 223 Å². The number of rotatable bonds is 9. The molecule has 0 fully saturated rings. The highest BCUT2D eigenvalue weighted by molar-refractivity contribution is 6.03. The summed E-state index contributed by atoms with van der Waals surface area (Å²) in [5, 5.41) is 12.8. The van der Waals surface area contributed by atoms with Gasteiger partial charge in [-0.05, 0) is 35.6 Å². The lowest BCUT2D eigenvalue weighted by Crippen LogP contribution is -2.56. The van der Waals surface area contributed by atoms with E-state index in [1.54, 1.807) is 30.5 Å². The predicted octanol–water partition coefficient (Wildman–Crippen LogP) is 3.71. The van der Waals surface area contributed by atoms with Crippen LogP contribution in [0.1, 0.15) is 35.3 Å². The molecule has 0 radical (unpaired) electrons. The molecular weight excluding hydrogens is 478 g/mol. The second-order valence-corrected chi connectivity index (χ2v) is 9.71. The van der Waals surface area contributed by atoms with Gasteiger partial charge < -0.3 is 15.3 Å². The van der Waals surface area contributed by atoms with Crippen molar-refractivity contribution in [2.45, 2.75) is 32.4 Å². The standard InChI is InChI=1S/C31H33N3O4/c1-22(2)29-31(38)33(20-28(36)32-26(21-35)18-23-12-6-3-7-13-23)27(24-14-8-4-9-15-24)19-34(29)30(37)25-16-10-5-11-17-25/h3-17,19,22,26,29,35H,18,20-21H2,1-2H3,(H,32,36)/t26-,29-/m0/s1. The third-order valence-corrected chi connectivity index (χ3v) is 6.54. The number of carbonyl (C=O) groups excluding carboxylic acids is 3. The maximum Gasteiger partial charge on any atom is 0.258 e. The molecule has 2 atom stereocenters. The number of nitrogens with one attached hydrogen (secondary N) is 1. The number of nitrogens with zero attached hydrogens (tertiary/aromatic N) is 2. The zero-order valence-corrected chi connectivity index (χ0v) is 21.7. The molecule has 1 aliphatic heterocycles. The molecular formula is C31H33N3O4. The summed E-state index contributed by atoms with van der Waals surface area (Å²) in [6, 6.07) is 26.4. The molecule has 1 aliphatic rings. The normalized spacial score (nSPS) is 16.3. The van der Waals surface area contributed by atoms with Gasteiger partial charge in [0.2, 0.25) is 5.91 Å². The van der Waals surface area contributed by atoms with Crippen LogP contribution in [0.2, 0.25) is 0 Å². The summed E-state index contributed by atoms with van der Waals surface area (Å²) < 4.78 is 0. The first-order valence-corrected chi connectivity index (χ1v) is 12.8. The Balaban J connectivity index is 1.64. The largest absolute Gasteiger partial charge is 0.394 e. The molecule has 0 saturated heterocycles. The second kappa shape index (κ2) is 12.3. The van der Waals surface area contributed by atoms with E-state index >= 15 is 0 Å². The fourth-order valence-corrected chi connectivity index (χ4v) is 4.68. The first-order chi connectivity index (χ1) is 18.4. The van der Waals surface area contributed by atoms with Gasteiger partial charge in [0.15, 0.2) is 0 Å². The zero-order chi connectivity index (χ0) is 27.1. The summed E-state index contributed by atoms with van der Waals surface area (Å²) in [6.45, 7) is 3.30. The monoisotopic (exact) mass is 511 g/mol. The van der Waals surface area contributed by atoms with Crippen molar-refractivity contribution in [3.05, 3.63) is 114 Å². The molecule has 0 aromatic heterocycles. The number of hydrogen-bond donors (Lipinski definition) is 2. The van der Waals surface area contributed by atoms with Crippen LogP contribution < -0.4 is 5.32 Å². The van der Waals surface area contributed by atoms with Crippen LogP contribution in [-0.4, -0.2) is 57.9 Å². The van der Waals surface area contributed by atoms with Gasteiger partial charge in [0.05, 0.1) is 18.3 Å². The minimum absolute atomic E-state index is 0.197. The van der Waals surface area contributed by atoms with Crippen molar-refractivity contribution in [3.63, 3.8) is 0 Å². The summed E-state index contributed by atoms with van der Waals surface area (Å²) >= 11 is 0. The molecule has 7 heteroatoms. The van der Waals surface area contributed by atoms with E-state index in [4.69, 9.17) is 0 Å². The van der Waals surface area contributed by atoms with E-state index in [2.05, 4.69) is 5.32 Å². The fraction of sp³-hybridized carbons (Fsp3) is 0.258. The summed E-state index contributed by atoms with van der Waals surface area (Å²) in [4.78, 5) is 43.6. The maximum atomic E-state index is 13.9. The van der Waals surface area contributed by atoms with Crippen molar-refractivity contribution in [1.82, 2.24) is 15.1 Å². The van der Waals surface area contributed by atoms with E-state index in [0.29, 0.717) is 23.2 Å². The summed E-state index contributed by atoms with van der Waals surface area (Å²) in [5.74, 6) is -1.19. The highest BCUT2D eigenvalue weighted by atomic mass is 16.3. The average molecular weight is 512 g/mol. The maximum absolute atomic E-state index is 13.9. The van der Waals surface area contributed by atoms with Crippen molar-refractivity contribution in [1.29, 1.82) is 0 Å². The van der Waals surface area contributed by atoms with Crippen LogP contribution in [0.4, 0.5) is 0 Å². The Morgan fingerprint density at radius 2 is 1.47 bits per heavy atom. The number of hydrogen-bond acceptors (Lipinski definition) is 4. The molecule has 0 unspecified atom stereocenters. The second-order valence-electron chi connectivity index (χ2n) is 9.71. The van der Waals surface area contributed by atoms with Gasteiger partial charge in [-0.2, -0.15) is 0 Å². The predicted molar refractivity (Wildman–Crippen MR) is 147 cm³/mol. The third kappa shape index (κ3) is 6.18. The van der Waals surface area contributed by atoms with Crippen LogP contribution >= 0.6 is 0 Å². The van der Waals surface area contributed by atoms with Gasteiger partial charge in [0.25, 0.3) is 11.8 Å². The highest BCUT2D eigenvalue weighted by Crippen LogP contribution is 2.31. The minimum Gasteiger partial charge on any atom is -0.394 e. The van der Waals surface area contributed by atoms with Crippen molar-refractivity contribution in [2.75, 3.05) is 13.2 Å². The number of amides is 3. The Bertz CT molecular complexity index is 1280. The van der Waals surface area contributed by atoms with Gasteiger partial charge in [0, 0.05) is 11.8 Å². The fourth-order valence-electron chi connectivity index (χ4n) is 4.68. The van der Waals surface area contributed by atoms with Crippen LogP contribution in [-0.2, 0) is 16.0 Å². The molecule has 0 saturated carbocycles. The van der Waals surface area contributed by atoms with E-state index in [1.165, 1.54) is 9.80 Å². The van der Waals surface area contributed by atoms with E-state index in [0.717, 1.165) is 5.56 Å². The van der Waals surface area contributed by atoms with E-state index in [9.17, 15) is 19.5 Å². The van der Waals surface area contributed by atoms with Crippen LogP contribution in [0.15, 0.2) is 97.2 Å². The number of aliphatic hydroxyl groups is 1. The molecule has 3 aromatic rings. The Morgan fingerprint density at radius 3 is 2.05 bits per heavy atom. The zero-order valence-electron chi connectivity index (χ0n) is 21.7. The van der Waals surface area contributed by atoms with Gasteiger partial charge in [-0.15, -0.1) is 0 Å². The summed E-state index contributed by atoms with van der Waals surface area (Å²) in [6.07, 6.45) is 2.14. The number of carbonyl (C=O) groups is 3. The third-order valence-electron chi connectivity index (χ3n) is 6.54. The lowest BCUT2D eigenvalue weighted by Gasteiger charge is -2.41. The lowest BCUT2D eigenvalue weighted by atomic mass is 9.96. The first kappa shape index (κ1) is 26.8. The molecule has 0 aliphatic carbocycles. The van der Waals surface area contributed by atoms with Crippen molar-refractivity contribution >= 4 is 23.4 Å². The number of benzene rings is 3. The lowest BCUT2D eigenvalue weighted by molar-refractivity contribution is -0.138. The van der Waals surface area contributed by atoms with Gasteiger partial charge in [0.1, 0.15) is 12.6 Å². The van der Waals surface area contributed by atoms with Crippen molar-refractivity contribution in [3.8, 4) is 0 Å². The Hall–Kier alpha value is -4.23. The van der Waals surface area contributed by atoms with Gasteiger partial charge in [-0.3, -0.25) is 19.3 Å². The van der Waals surface area contributed by atoms with Crippen LogP contribution in [0.25, 0.3) is 5.70 Å². The molecule has 7 nitrogen and oxygen atoms in total. The minimum atomic E-state index is -0.777. The van der Waals surface area contributed by atoms with E-state index in [-0.39, 0.29) is 36.8 Å². The average Bonchev–Trinajstić information content (AvgIpc) is 2.94. The smallest absolute Gasteiger partial charge is 0.258 e. The van der Waals surface area contributed by atoms with Crippen molar-refractivity contribution in [2.24, 2.45) is 5.92 Å². The molecule has 38 heavy (non-hydrogen) atoms. The molecule has 1 heterocycles. The molecule has 4 rings (SSSR count). The quantitative estimate of drug-likeness (QED) is 0.458. The molecule has 196 valence electrons. The summed E-state index contributed by atoms with van der Waals surface area (Å²) in [7, 11) is 0. The van der Waals surface area contributed by atoms with E-state index in [1.807, 2.05) is 80.6 Å². The Kier molecular flexibility index (Phi) is 8.71. The topological polar surface area (TPSA) is 89.9 Å². The Morgan fingerprint density at radius 1 is 0.895 bits per heavy atom. The van der Waals surface area contributed by atoms with Gasteiger partial charge in [-0.25, -0.2) is 0 Å². The van der Waals surface area contributed by atoms with Crippen LogP contribution in [0.5, 0.6) is 0 Å². The molecule has 0 bridgehead atoms. The molecule has 0 spiro atoms. The highest BCUT2D eigenvalue weighted by Gasteiger charge is 2.41. The molecule has 3 amide bonds. The van der Waals surface area contributed by atoms with Gasteiger partial charge >= 0.3 is 0 Å². The van der Waals surface area contributed by atoms with Crippen molar-refractivity contribution < 1.29 is 19.5 Å². The van der Waals surface area contributed by atoms with Crippen LogP contribution in [0.3, 0.4) is 0 Å². The molecule has 3 aromatic carbocycles. The first-order valence-electron chi connectivity index (χ1n) is 12.8. The summed E-state index contributed by atoms with van der Waals surface area (Å²) in [5.41, 5.74) is 2.65. The van der Waals surface area contributed by atoms with Crippen LogP contribution in [0, 0.1) is 5.92 Å².